The second-order valence-electron chi connectivity index (χ2n) is 8.36. The van der Waals surface area contributed by atoms with Crippen molar-refractivity contribution < 1.29 is 24.0 Å². The SMILES string of the molecule is COc1ccc([C@@H]2CCC[NH+]2CN2C(=O)C(=O)c3cc(C(C)C)ccc32)c(OC)c1. The second-order valence-corrected chi connectivity index (χ2v) is 8.36. The fourth-order valence-electron chi connectivity index (χ4n) is 4.62. The maximum atomic E-state index is 12.8. The molecule has 4 rings (SSSR count). The first-order chi connectivity index (χ1) is 14.4. The topological polar surface area (TPSA) is 60.3 Å². The summed E-state index contributed by atoms with van der Waals surface area (Å²) in [6.45, 7) is 5.58. The van der Waals surface area contributed by atoms with Gasteiger partial charge in [0.1, 0.15) is 17.5 Å². The zero-order chi connectivity index (χ0) is 21.4. The lowest BCUT2D eigenvalue weighted by Crippen LogP contribution is -3.12. The Morgan fingerprint density at radius 2 is 1.90 bits per heavy atom. The van der Waals surface area contributed by atoms with Crippen molar-refractivity contribution in [3.8, 4) is 11.5 Å². The number of hydrogen-bond acceptors (Lipinski definition) is 4. The number of ether oxygens (including phenoxy) is 2. The van der Waals surface area contributed by atoms with E-state index in [1.54, 1.807) is 19.1 Å². The van der Waals surface area contributed by atoms with Crippen molar-refractivity contribution >= 4 is 17.4 Å². The number of likely N-dealkylation sites (tertiary alicyclic amines) is 1. The van der Waals surface area contributed by atoms with Gasteiger partial charge in [-0.2, -0.15) is 0 Å². The highest BCUT2D eigenvalue weighted by Crippen LogP contribution is 2.33. The van der Waals surface area contributed by atoms with Gasteiger partial charge >= 0.3 is 5.91 Å². The van der Waals surface area contributed by atoms with Gasteiger partial charge in [-0.25, -0.2) is 0 Å². The molecule has 0 bridgehead atoms. The van der Waals surface area contributed by atoms with E-state index in [1.165, 1.54) is 4.90 Å². The number of nitrogens with one attached hydrogen (secondary N) is 1. The van der Waals surface area contributed by atoms with Crippen LogP contribution in [-0.4, -0.2) is 39.1 Å². The van der Waals surface area contributed by atoms with Gasteiger partial charge in [0.05, 0.1) is 37.6 Å². The molecule has 2 heterocycles. The molecular formula is C24H29N2O4+. The fourth-order valence-corrected chi connectivity index (χ4v) is 4.62. The van der Waals surface area contributed by atoms with E-state index in [0.29, 0.717) is 18.2 Å². The summed E-state index contributed by atoms with van der Waals surface area (Å²) in [5.74, 6) is 1.04. The van der Waals surface area contributed by atoms with Crippen molar-refractivity contribution in [3.63, 3.8) is 0 Å². The number of quaternary nitrogens is 1. The number of fused-ring (bicyclic) bond motifs is 1. The van der Waals surface area contributed by atoms with Crippen LogP contribution in [0.1, 0.15) is 60.1 Å². The molecule has 0 spiro atoms. The van der Waals surface area contributed by atoms with E-state index in [9.17, 15) is 9.59 Å². The Hall–Kier alpha value is -2.86. The molecule has 2 aliphatic rings. The number of methoxy groups -OCH3 is 2. The molecule has 0 aliphatic carbocycles. The van der Waals surface area contributed by atoms with Gasteiger partial charge in [-0.05, 0) is 35.7 Å². The summed E-state index contributed by atoms with van der Waals surface area (Å²) in [5.41, 5.74) is 3.45. The molecule has 2 aromatic rings. The lowest BCUT2D eigenvalue weighted by molar-refractivity contribution is -0.917. The highest BCUT2D eigenvalue weighted by Gasteiger charge is 2.41. The van der Waals surface area contributed by atoms with Crippen LogP contribution in [0.25, 0.3) is 0 Å². The summed E-state index contributed by atoms with van der Waals surface area (Å²) in [7, 11) is 3.30. The van der Waals surface area contributed by atoms with E-state index >= 15 is 0 Å². The predicted molar refractivity (Wildman–Crippen MR) is 115 cm³/mol. The summed E-state index contributed by atoms with van der Waals surface area (Å²) in [4.78, 5) is 28.4. The van der Waals surface area contributed by atoms with E-state index < -0.39 is 11.7 Å². The summed E-state index contributed by atoms with van der Waals surface area (Å²) in [6, 6.07) is 11.9. The number of hydrogen-bond donors (Lipinski definition) is 1. The van der Waals surface area contributed by atoms with Crippen molar-refractivity contribution in [2.75, 3.05) is 32.3 Å². The Morgan fingerprint density at radius 3 is 2.60 bits per heavy atom. The molecule has 0 aromatic heterocycles. The minimum absolute atomic E-state index is 0.202. The van der Waals surface area contributed by atoms with Crippen molar-refractivity contribution in [3.05, 3.63) is 53.1 Å². The molecular weight excluding hydrogens is 380 g/mol. The Bertz CT molecular complexity index is 985. The van der Waals surface area contributed by atoms with Gasteiger partial charge in [0.15, 0.2) is 6.67 Å². The lowest BCUT2D eigenvalue weighted by atomic mass is 9.99. The van der Waals surface area contributed by atoms with Gasteiger partial charge in [-0.1, -0.05) is 19.9 Å². The molecule has 2 aromatic carbocycles. The van der Waals surface area contributed by atoms with Gasteiger partial charge in [0, 0.05) is 18.9 Å². The molecule has 6 heteroatoms. The molecule has 0 saturated carbocycles. The van der Waals surface area contributed by atoms with E-state index in [0.717, 1.165) is 47.7 Å². The van der Waals surface area contributed by atoms with Crippen molar-refractivity contribution in [1.29, 1.82) is 0 Å². The highest BCUT2D eigenvalue weighted by molar-refractivity contribution is 6.52. The van der Waals surface area contributed by atoms with Gasteiger partial charge in [0.25, 0.3) is 5.78 Å². The number of rotatable bonds is 6. The summed E-state index contributed by atoms with van der Waals surface area (Å²) in [6.07, 6.45) is 2.07. The average Bonchev–Trinajstić information content (AvgIpc) is 3.31. The van der Waals surface area contributed by atoms with E-state index in [-0.39, 0.29) is 6.04 Å². The summed E-state index contributed by atoms with van der Waals surface area (Å²) >= 11 is 0. The van der Waals surface area contributed by atoms with Crippen LogP contribution < -0.4 is 19.3 Å². The quantitative estimate of drug-likeness (QED) is 0.746. The Balaban J connectivity index is 1.62. The average molecular weight is 410 g/mol. The van der Waals surface area contributed by atoms with Crippen molar-refractivity contribution in [2.45, 2.75) is 38.6 Å². The molecule has 1 amide bonds. The van der Waals surface area contributed by atoms with Crippen molar-refractivity contribution in [1.82, 2.24) is 0 Å². The number of benzene rings is 2. The minimum atomic E-state index is -0.425. The number of Topliss-reactive ketones (excluding diaryl/α,β-unsaturated/α-hetero) is 1. The molecule has 2 aliphatic heterocycles. The second kappa shape index (κ2) is 8.11. The Labute approximate surface area is 177 Å². The molecule has 1 fully saturated rings. The van der Waals surface area contributed by atoms with Crippen LogP contribution in [0.4, 0.5) is 5.69 Å². The van der Waals surface area contributed by atoms with Crippen LogP contribution in [0.5, 0.6) is 11.5 Å². The first kappa shape index (κ1) is 20.4. The van der Waals surface area contributed by atoms with Crippen LogP contribution in [0.15, 0.2) is 36.4 Å². The van der Waals surface area contributed by atoms with Crippen LogP contribution in [-0.2, 0) is 4.79 Å². The number of amides is 1. The van der Waals surface area contributed by atoms with Crippen LogP contribution in [0, 0.1) is 0 Å². The minimum Gasteiger partial charge on any atom is -0.497 e. The van der Waals surface area contributed by atoms with E-state index in [4.69, 9.17) is 9.47 Å². The number of carbonyl (C=O) groups excluding carboxylic acids is 2. The zero-order valence-electron chi connectivity index (χ0n) is 18.0. The molecule has 1 N–H and O–H groups in total. The largest absolute Gasteiger partial charge is 0.497 e. The Morgan fingerprint density at radius 1 is 1.10 bits per heavy atom. The van der Waals surface area contributed by atoms with E-state index in [1.807, 2.05) is 36.4 Å². The first-order valence-corrected chi connectivity index (χ1v) is 10.5. The maximum Gasteiger partial charge on any atom is 0.303 e. The van der Waals surface area contributed by atoms with Gasteiger partial charge in [-0.3, -0.25) is 14.5 Å². The number of carbonyl (C=O) groups is 2. The standard InChI is InChI=1S/C24H28N2O4/c1-15(2)16-7-10-21-19(12-16)23(27)24(28)26(21)14-25-11-5-6-20(25)18-9-8-17(29-3)13-22(18)30-4/h7-10,12-13,15,20H,5-6,11,14H2,1-4H3/p+1/t20-/m0/s1. The highest BCUT2D eigenvalue weighted by atomic mass is 16.5. The Kier molecular flexibility index (Phi) is 5.52. The monoisotopic (exact) mass is 409 g/mol. The molecule has 1 unspecified atom stereocenters. The first-order valence-electron chi connectivity index (χ1n) is 10.5. The molecule has 6 nitrogen and oxygen atoms in total. The molecule has 30 heavy (non-hydrogen) atoms. The van der Waals surface area contributed by atoms with Gasteiger partial charge in [-0.15, -0.1) is 0 Å². The smallest absolute Gasteiger partial charge is 0.303 e. The van der Waals surface area contributed by atoms with Gasteiger partial charge < -0.3 is 14.4 Å². The van der Waals surface area contributed by atoms with Crippen molar-refractivity contribution in [2.24, 2.45) is 0 Å². The third kappa shape index (κ3) is 3.45. The van der Waals surface area contributed by atoms with Crippen LogP contribution in [0.2, 0.25) is 0 Å². The maximum absolute atomic E-state index is 12.8. The van der Waals surface area contributed by atoms with Crippen LogP contribution in [0.3, 0.4) is 0 Å². The van der Waals surface area contributed by atoms with Gasteiger partial charge in [0.2, 0.25) is 0 Å². The van der Waals surface area contributed by atoms with Crippen LogP contribution >= 0.6 is 0 Å². The molecule has 0 radical (unpaired) electrons. The molecule has 2 atom stereocenters. The normalized spacial score (nSPS) is 20.8. The van der Waals surface area contributed by atoms with E-state index in [2.05, 4.69) is 13.8 Å². The fraction of sp³-hybridized carbons (Fsp3) is 0.417. The number of ketones is 1. The summed E-state index contributed by atoms with van der Waals surface area (Å²) in [5, 5.41) is 0. The molecule has 1 saturated heterocycles. The zero-order valence-corrected chi connectivity index (χ0v) is 18.0. The third-order valence-corrected chi connectivity index (χ3v) is 6.32. The lowest BCUT2D eigenvalue weighted by Gasteiger charge is -2.27. The number of anilines is 1. The third-order valence-electron chi connectivity index (χ3n) is 6.32. The predicted octanol–water partition coefficient (Wildman–Crippen LogP) is 2.73. The number of nitrogens with zero attached hydrogens (tertiary/aromatic N) is 1. The molecule has 158 valence electrons. The summed E-state index contributed by atoms with van der Waals surface area (Å²) < 4.78 is 10.9.